The Labute approximate surface area is 165 Å². The minimum atomic E-state index is -0.105. The Bertz CT molecular complexity index is 881. The van der Waals surface area contributed by atoms with Crippen molar-refractivity contribution in [2.45, 2.75) is 39.3 Å². The van der Waals surface area contributed by atoms with E-state index in [1.807, 2.05) is 17.9 Å². The Morgan fingerprint density at radius 2 is 2.04 bits per heavy atom. The van der Waals surface area contributed by atoms with Gasteiger partial charge in [0.25, 0.3) is 0 Å². The van der Waals surface area contributed by atoms with Gasteiger partial charge in [-0.05, 0) is 37.5 Å². The van der Waals surface area contributed by atoms with Crippen molar-refractivity contribution >= 4 is 17.6 Å². The van der Waals surface area contributed by atoms with E-state index in [-0.39, 0.29) is 35.7 Å². The number of fused-ring (bicyclic) bond motifs is 1. The number of amides is 2. The van der Waals surface area contributed by atoms with Gasteiger partial charge in [-0.25, -0.2) is 4.98 Å². The van der Waals surface area contributed by atoms with Crippen LogP contribution in [0.15, 0.2) is 41.8 Å². The van der Waals surface area contributed by atoms with E-state index in [2.05, 4.69) is 28.6 Å². The number of likely N-dealkylation sites (N-methyl/N-ethyl adjacent to an activating group) is 1. The number of aromatic nitrogens is 1. The zero-order valence-corrected chi connectivity index (χ0v) is 16.6. The molecule has 2 aliphatic rings. The number of likely N-dealkylation sites (tertiary alicyclic amines) is 1. The third-order valence-electron chi connectivity index (χ3n) is 5.79. The second kappa shape index (κ2) is 7.85. The molecule has 1 saturated heterocycles. The molecule has 1 aromatic rings. The first-order valence-electron chi connectivity index (χ1n) is 9.42. The fraction of sp³-hybridized carbons (Fsp3) is 0.429. The van der Waals surface area contributed by atoms with Gasteiger partial charge in [0.15, 0.2) is 0 Å². The van der Waals surface area contributed by atoms with Gasteiger partial charge >= 0.3 is 0 Å². The highest BCUT2D eigenvalue weighted by Crippen LogP contribution is 2.42. The van der Waals surface area contributed by atoms with Crippen molar-refractivity contribution < 1.29 is 9.59 Å². The number of hydrogen-bond acceptors (Lipinski definition) is 5. The maximum atomic E-state index is 12.3. The monoisotopic (exact) mass is 379 g/mol. The second-order valence-electron chi connectivity index (χ2n) is 7.38. The summed E-state index contributed by atoms with van der Waals surface area (Å²) in [5.74, 6) is 0.667. The number of pyridine rings is 1. The Morgan fingerprint density at radius 3 is 2.61 bits per heavy atom. The first-order chi connectivity index (χ1) is 13.4. The molecule has 3 rings (SSSR count). The molecular formula is C21H25N5O2. The number of rotatable bonds is 3. The van der Waals surface area contributed by atoms with Crippen LogP contribution in [0, 0.1) is 23.2 Å². The highest BCUT2D eigenvalue weighted by atomic mass is 16.2. The molecule has 4 unspecified atom stereocenters. The lowest BCUT2D eigenvalue weighted by Crippen LogP contribution is -2.56. The summed E-state index contributed by atoms with van der Waals surface area (Å²) in [5, 5.41) is 15.1. The molecular weight excluding hydrogens is 354 g/mol. The standard InChI is InChI=1S/C21H25N5O2/c1-12-13(2)26(14(3)27)18-7-6-16(21(28)23-4)9-17(18)20(12)25-19-8-5-15(10-22)11-24-19/h5-8,11-13,17,20H,9H2,1-4H3,(H,23,28)(H,24,25). The zero-order chi connectivity index (χ0) is 20.4. The van der Waals surface area contributed by atoms with Crippen LogP contribution in [0.3, 0.4) is 0 Å². The van der Waals surface area contributed by atoms with Crippen LogP contribution in [0.25, 0.3) is 0 Å². The maximum absolute atomic E-state index is 12.3. The summed E-state index contributed by atoms with van der Waals surface area (Å²) in [4.78, 5) is 30.7. The van der Waals surface area contributed by atoms with Crippen LogP contribution < -0.4 is 10.6 Å². The molecule has 0 bridgehead atoms. The molecule has 1 fully saturated rings. The SMILES string of the molecule is CNC(=O)C1=CC=C2C(C1)C(Nc1ccc(C#N)cn1)C(C)C(C)N2C(C)=O. The minimum Gasteiger partial charge on any atom is -0.366 e. The highest BCUT2D eigenvalue weighted by molar-refractivity contribution is 5.94. The van der Waals surface area contributed by atoms with Gasteiger partial charge in [-0.15, -0.1) is 0 Å². The van der Waals surface area contributed by atoms with E-state index in [1.54, 1.807) is 32.2 Å². The maximum Gasteiger partial charge on any atom is 0.246 e. The number of nitrogens with zero attached hydrogens (tertiary/aromatic N) is 3. The molecule has 1 aliphatic heterocycles. The molecule has 4 atom stereocenters. The molecule has 1 aromatic heterocycles. The molecule has 0 aromatic carbocycles. The van der Waals surface area contributed by atoms with Crippen molar-refractivity contribution in [2.75, 3.05) is 12.4 Å². The van der Waals surface area contributed by atoms with Crippen LogP contribution in [0.2, 0.25) is 0 Å². The smallest absolute Gasteiger partial charge is 0.246 e. The number of nitriles is 1. The Kier molecular flexibility index (Phi) is 5.50. The van der Waals surface area contributed by atoms with Crippen molar-refractivity contribution in [2.24, 2.45) is 11.8 Å². The fourth-order valence-electron chi connectivity index (χ4n) is 4.17. The summed E-state index contributed by atoms with van der Waals surface area (Å²) in [6, 6.07) is 5.57. The zero-order valence-electron chi connectivity index (χ0n) is 16.6. The van der Waals surface area contributed by atoms with Crippen molar-refractivity contribution in [3.8, 4) is 6.07 Å². The number of carbonyl (C=O) groups excluding carboxylic acids is 2. The van der Waals surface area contributed by atoms with Crippen molar-refractivity contribution in [1.82, 2.24) is 15.2 Å². The van der Waals surface area contributed by atoms with Crippen LogP contribution in [0.1, 0.15) is 32.8 Å². The highest BCUT2D eigenvalue weighted by Gasteiger charge is 2.45. The third-order valence-corrected chi connectivity index (χ3v) is 5.79. The van der Waals surface area contributed by atoms with E-state index in [4.69, 9.17) is 5.26 Å². The van der Waals surface area contributed by atoms with E-state index >= 15 is 0 Å². The molecule has 1 aliphatic carbocycles. The van der Waals surface area contributed by atoms with Gasteiger partial charge in [0.1, 0.15) is 11.9 Å². The molecule has 0 saturated carbocycles. The molecule has 2 N–H and O–H groups in total. The van der Waals surface area contributed by atoms with Gasteiger partial charge in [0.05, 0.1) is 5.56 Å². The first-order valence-corrected chi connectivity index (χ1v) is 9.42. The largest absolute Gasteiger partial charge is 0.366 e. The van der Waals surface area contributed by atoms with E-state index < -0.39 is 0 Å². The predicted octanol–water partition coefficient (Wildman–Crippen LogP) is 2.20. The summed E-state index contributed by atoms with van der Waals surface area (Å²) in [5.41, 5.74) is 2.12. The number of piperidine rings is 1. The minimum absolute atomic E-state index is 0.00217. The van der Waals surface area contributed by atoms with Gasteiger partial charge in [-0.3, -0.25) is 9.59 Å². The summed E-state index contributed by atoms with van der Waals surface area (Å²) >= 11 is 0. The van der Waals surface area contributed by atoms with Gasteiger partial charge in [-0.1, -0.05) is 13.0 Å². The van der Waals surface area contributed by atoms with Gasteiger partial charge in [-0.2, -0.15) is 5.26 Å². The Morgan fingerprint density at radius 1 is 1.29 bits per heavy atom. The van der Waals surface area contributed by atoms with E-state index in [1.165, 1.54) is 6.20 Å². The summed E-state index contributed by atoms with van der Waals surface area (Å²) < 4.78 is 0. The normalized spacial score (nSPS) is 26.3. The number of allylic oxidation sites excluding steroid dienone is 2. The average molecular weight is 379 g/mol. The second-order valence-corrected chi connectivity index (χ2v) is 7.38. The summed E-state index contributed by atoms with van der Waals surface area (Å²) in [6.07, 6.45) is 5.78. The van der Waals surface area contributed by atoms with Gasteiger partial charge in [0.2, 0.25) is 11.8 Å². The summed E-state index contributed by atoms with van der Waals surface area (Å²) in [7, 11) is 1.62. The first kappa shape index (κ1) is 19.6. The molecule has 7 heteroatoms. The molecule has 2 heterocycles. The lowest BCUT2D eigenvalue weighted by molar-refractivity contribution is -0.131. The predicted molar refractivity (Wildman–Crippen MR) is 106 cm³/mol. The number of hydrogen-bond donors (Lipinski definition) is 2. The third kappa shape index (κ3) is 3.50. The average Bonchev–Trinajstić information content (AvgIpc) is 2.70. The Hall–Kier alpha value is -3.14. The van der Waals surface area contributed by atoms with E-state index in [0.717, 1.165) is 5.70 Å². The quantitative estimate of drug-likeness (QED) is 0.839. The fourth-order valence-corrected chi connectivity index (χ4v) is 4.17. The van der Waals surface area contributed by atoms with Gasteiger partial charge < -0.3 is 15.5 Å². The topological polar surface area (TPSA) is 98.1 Å². The van der Waals surface area contributed by atoms with E-state index in [0.29, 0.717) is 23.4 Å². The molecule has 2 amide bonds. The van der Waals surface area contributed by atoms with Gasteiger partial charge in [0, 0.05) is 49.4 Å². The van der Waals surface area contributed by atoms with Crippen molar-refractivity contribution in [3.05, 3.63) is 47.3 Å². The molecule has 7 nitrogen and oxygen atoms in total. The van der Waals surface area contributed by atoms with Crippen LogP contribution in [0.4, 0.5) is 5.82 Å². The van der Waals surface area contributed by atoms with Crippen LogP contribution >= 0.6 is 0 Å². The van der Waals surface area contributed by atoms with Crippen molar-refractivity contribution in [3.63, 3.8) is 0 Å². The number of nitrogens with one attached hydrogen (secondary N) is 2. The lowest BCUT2D eigenvalue weighted by atomic mass is 9.73. The van der Waals surface area contributed by atoms with Crippen LogP contribution in [0.5, 0.6) is 0 Å². The number of carbonyl (C=O) groups is 2. The Balaban J connectivity index is 1.97. The summed E-state index contributed by atoms with van der Waals surface area (Å²) in [6.45, 7) is 5.73. The lowest BCUT2D eigenvalue weighted by Gasteiger charge is -2.50. The molecule has 146 valence electrons. The number of anilines is 1. The molecule has 0 radical (unpaired) electrons. The van der Waals surface area contributed by atoms with Crippen LogP contribution in [-0.2, 0) is 9.59 Å². The van der Waals surface area contributed by atoms with E-state index in [9.17, 15) is 9.59 Å². The molecule has 28 heavy (non-hydrogen) atoms. The van der Waals surface area contributed by atoms with Crippen LogP contribution in [-0.4, -0.2) is 40.8 Å². The molecule has 0 spiro atoms. The van der Waals surface area contributed by atoms with Crippen molar-refractivity contribution in [1.29, 1.82) is 5.26 Å².